The quantitative estimate of drug-likeness (QED) is 0.707. The molecule has 17 heavy (non-hydrogen) atoms. The van der Waals surface area contributed by atoms with Gasteiger partial charge < -0.3 is 15.1 Å². The standard InChI is InChI=1S/C13H13N3O/c1-8-12(16-13(14)17-8)6-9-7-15-11-5-3-2-4-10(9)11/h2-5,7,15H,6H2,1H3,(H2,14,16). The van der Waals surface area contributed by atoms with Crippen molar-refractivity contribution in [3.8, 4) is 0 Å². The van der Waals surface area contributed by atoms with Crippen molar-refractivity contribution in [1.29, 1.82) is 0 Å². The summed E-state index contributed by atoms with van der Waals surface area (Å²) < 4.78 is 5.23. The Bertz CT molecular complexity index is 666. The number of aromatic amines is 1. The van der Waals surface area contributed by atoms with E-state index >= 15 is 0 Å². The molecular weight excluding hydrogens is 214 g/mol. The number of aromatic nitrogens is 2. The van der Waals surface area contributed by atoms with Crippen molar-refractivity contribution in [3.05, 3.63) is 47.5 Å². The van der Waals surface area contributed by atoms with E-state index in [9.17, 15) is 0 Å². The van der Waals surface area contributed by atoms with Crippen LogP contribution in [0.15, 0.2) is 34.9 Å². The van der Waals surface area contributed by atoms with Crippen LogP contribution in [0.5, 0.6) is 0 Å². The molecule has 2 aromatic heterocycles. The fraction of sp³-hybridized carbons (Fsp3) is 0.154. The summed E-state index contributed by atoms with van der Waals surface area (Å²) in [6.45, 7) is 1.88. The second kappa shape index (κ2) is 3.66. The molecule has 3 N–H and O–H groups in total. The summed E-state index contributed by atoms with van der Waals surface area (Å²) in [5.74, 6) is 0.785. The predicted molar refractivity (Wildman–Crippen MR) is 66.8 cm³/mol. The van der Waals surface area contributed by atoms with Crippen LogP contribution in [0.4, 0.5) is 6.01 Å². The van der Waals surface area contributed by atoms with Gasteiger partial charge in [-0.2, -0.15) is 4.98 Å². The number of anilines is 1. The van der Waals surface area contributed by atoms with E-state index < -0.39 is 0 Å². The highest BCUT2D eigenvalue weighted by molar-refractivity contribution is 5.83. The van der Waals surface area contributed by atoms with Crippen LogP contribution in [-0.2, 0) is 6.42 Å². The Balaban J connectivity index is 2.03. The lowest BCUT2D eigenvalue weighted by atomic mass is 10.1. The van der Waals surface area contributed by atoms with E-state index in [1.54, 1.807) is 0 Å². The number of nitrogens with two attached hydrogens (primary N) is 1. The largest absolute Gasteiger partial charge is 0.429 e. The number of hydrogen-bond acceptors (Lipinski definition) is 3. The minimum atomic E-state index is 0.234. The van der Waals surface area contributed by atoms with Crippen molar-refractivity contribution in [3.63, 3.8) is 0 Å². The number of aryl methyl sites for hydroxylation is 1. The van der Waals surface area contributed by atoms with Crippen molar-refractivity contribution in [2.75, 3.05) is 5.73 Å². The highest BCUT2D eigenvalue weighted by Gasteiger charge is 2.10. The molecule has 0 radical (unpaired) electrons. The first-order chi connectivity index (χ1) is 8.24. The number of hydrogen-bond donors (Lipinski definition) is 2. The fourth-order valence-corrected chi connectivity index (χ4v) is 2.07. The van der Waals surface area contributed by atoms with E-state index in [0.717, 1.165) is 23.4 Å². The van der Waals surface area contributed by atoms with Crippen LogP contribution < -0.4 is 5.73 Å². The summed E-state index contributed by atoms with van der Waals surface area (Å²) >= 11 is 0. The Kier molecular flexibility index (Phi) is 2.14. The number of nitrogen functional groups attached to an aromatic ring is 1. The molecule has 0 saturated carbocycles. The number of oxazole rings is 1. The summed E-state index contributed by atoms with van der Waals surface area (Å²) in [4.78, 5) is 7.43. The number of fused-ring (bicyclic) bond motifs is 1. The zero-order valence-electron chi connectivity index (χ0n) is 9.53. The molecule has 0 unspecified atom stereocenters. The minimum absolute atomic E-state index is 0.234. The van der Waals surface area contributed by atoms with Gasteiger partial charge in [-0.3, -0.25) is 0 Å². The average Bonchev–Trinajstić information content (AvgIpc) is 2.85. The van der Waals surface area contributed by atoms with Crippen molar-refractivity contribution in [2.24, 2.45) is 0 Å². The molecule has 0 aliphatic rings. The molecule has 2 heterocycles. The Morgan fingerprint density at radius 2 is 2.18 bits per heavy atom. The maximum atomic E-state index is 5.54. The summed E-state index contributed by atoms with van der Waals surface area (Å²) in [6.07, 6.45) is 2.74. The molecule has 3 aromatic rings. The van der Waals surface area contributed by atoms with E-state index in [4.69, 9.17) is 10.2 Å². The van der Waals surface area contributed by atoms with Crippen LogP contribution >= 0.6 is 0 Å². The van der Waals surface area contributed by atoms with Crippen LogP contribution in [0.25, 0.3) is 10.9 Å². The lowest BCUT2D eigenvalue weighted by Crippen LogP contribution is -1.90. The van der Waals surface area contributed by atoms with Gasteiger partial charge in [-0.1, -0.05) is 18.2 Å². The molecule has 0 saturated heterocycles. The third-order valence-corrected chi connectivity index (χ3v) is 2.94. The molecular formula is C13H13N3O. The first kappa shape index (κ1) is 9.96. The summed E-state index contributed by atoms with van der Waals surface area (Å²) in [5.41, 5.74) is 8.77. The molecule has 0 aliphatic carbocycles. The van der Waals surface area contributed by atoms with Crippen molar-refractivity contribution in [1.82, 2.24) is 9.97 Å². The van der Waals surface area contributed by atoms with Gasteiger partial charge >= 0.3 is 0 Å². The van der Waals surface area contributed by atoms with Gasteiger partial charge in [-0.05, 0) is 18.6 Å². The van der Waals surface area contributed by atoms with Crippen LogP contribution in [0.1, 0.15) is 17.0 Å². The van der Waals surface area contributed by atoms with Gasteiger partial charge in [0.2, 0.25) is 0 Å². The molecule has 1 aromatic carbocycles. The van der Waals surface area contributed by atoms with E-state index in [2.05, 4.69) is 22.1 Å². The van der Waals surface area contributed by atoms with E-state index in [1.165, 1.54) is 10.9 Å². The normalized spacial score (nSPS) is 11.1. The number of rotatable bonds is 2. The van der Waals surface area contributed by atoms with Crippen molar-refractivity contribution >= 4 is 16.9 Å². The number of para-hydroxylation sites is 1. The number of nitrogens with one attached hydrogen (secondary N) is 1. The van der Waals surface area contributed by atoms with Gasteiger partial charge in [0.1, 0.15) is 5.76 Å². The number of nitrogens with zero attached hydrogens (tertiary/aromatic N) is 1. The van der Waals surface area contributed by atoms with Gasteiger partial charge in [0, 0.05) is 23.5 Å². The lowest BCUT2D eigenvalue weighted by Gasteiger charge is -1.96. The monoisotopic (exact) mass is 227 g/mol. The second-order valence-electron chi connectivity index (χ2n) is 4.09. The molecule has 3 rings (SSSR count). The molecule has 0 atom stereocenters. The zero-order chi connectivity index (χ0) is 11.8. The Morgan fingerprint density at radius 3 is 2.94 bits per heavy atom. The minimum Gasteiger partial charge on any atom is -0.429 e. The highest BCUT2D eigenvalue weighted by atomic mass is 16.4. The van der Waals surface area contributed by atoms with Gasteiger partial charge in [-0.25, -0.2) is 0 Å². The van der Waals surface area contributed by atoms with Gasteiger partial charge in [0.25, 0.3) is 6.01 Å². The molecule has 0 amide bonds. The maximum absolute atomic E-state index is 5.54. The number of benzene rings is 1. The van der Waals surface area contributed by atoms with Crippen molar-refractivity contribution < 1.29 is 4.42 Å². The van der Waals surface area contributed by atoms with Crippen LogP contribution in [0.2, 0.25) is 0 Å². The topological polar surface area (TPSA) is 67.8 Å². The molecule has 0 bridgehead atoms. The zero-order valence-corrected chi connectivity index (χ0v) is 9.53. The molecule has 86 valence electrons. The molecule has 0 spiro atoms. The smallest absolute Gasteiger partial charge is 0.292 e. The van der Waals surface area contributed by atoms with E-state index in [0.29, 0.717) is 0 Å². The first-order valence-electron chi connectivity index (χ1n) is 5.51. The van der Waals surface area contributed by atoms with Crippen LogP contribution in [0.3, 0.4) is 0 Å². The van der Waals surface area contributed by atoms with Gasteiger partial charge in [0.05, 0.1) is 5.69 Å². The number of H-pyrrole nitrogens is 1. The predicted octanol–water partition coefficient (Wildman–Crippen LogP) is 2.64. The van der Waals surface area contributed by atoms with Crippen LogP contribution in [-0.4, -0.2) is 9.97 Å². The third kappa shape index (κ3) is 1.67. The first-order valence-corrected chi connectivity index (χ1v) is 5.51. The molecule has 4 heteroatoms. The van der Waals surface area contributed by atoms with Gasteiger partial charge in [0.15, 0.2) is 0 Å². The third-order valence-electron chi connectivity index (χ3n) is 2.94. The van der Waals surface area contributed by atoms with E-state index in [1.807, 2.05) is 25.3 Å². The average molecular weight is 227 g/mol. The molecule has 0 aliphatic heterocycles. The Morgan fingerprint density at radius 1 is 1.35 bits per heavy atom. The van der Waals surface area contributed by atoms with Crippen molar-refractivity contribution in [2.45, 2.75) is 13.3 Å². The lowest BCUT2D eigenvalue weighted by molar-refractivity contribution is 0.545. The maximum Gasteiger partial charge on any atom is 0.292 e. The Hall–Kier alpha value is -2.23. The van der Waals surface area contributed by atoms with Crippen LogP contribution in [0, 0.1) is 6.92 Å². The second-order valence-corrected chi connectivity index (χ2v) is 4.09. The summed E-state index contributed by atoms with van der Waals surface area (Å²) in [6, 6.07) is 8.44. The van der Waals surface area contributed by atoms with E-state index in [-0.39, 0.29) is 6.01 Å². The fourth-order valence-electron chi connectivity index (χ4n) is 2.07. The summed E-state index contributed by atoms with van der Waals surface area (Å²) in [5, 5.41) is 1.22. The molecule has 4 nitrogen and oxygen atoms in total. The molecule has 0 fully saturated rings. The van der Waals surface area contributed by atoms with Gasteiger partial charge in [-0.15, -0.1) is 0 Å². The SMILES string of the molecule is Cc1oc(N)nc1Cc1c[nH]c2ccccc12. The Labute approximate surface area is 98.5 Å². The highest BCUT2D eigenvalue weighted by Crippen LogP contribution is 2.22. The summed E-state index contributed by atoms with van der Waals surface area (Å²) in [7, 11) is 0.